The molecule has 0 saturated carbocycles. The summed E-state index contributed by atoms with van der Waals surface area (Å²) in [7, 11) is 2.22. The number of rotatable bonds is 8. The number of hydrogen-bond acceptors (Lipinski definition) is 1. The number of nitrogens with zero attached hydrogens (tertiary/aromatic N) is 1. The van der Waals surface area contributed by atoms with Crippen molar-refractivity contribution >= 4 is 15.9 Å². The van der Waals surface area contributed by atoms with E-state index in [-0.39, 0.29) is 0 Å². The van der Waals surface area contributed by atoms with Crippen molar-refractivity contribution in [2.24, 2.45) is 0 Å². The minimum Gasteiger partial charge on any atom is -0.306 e. The topological polar surface area (TPSA) is 3.24 Å². The summed E-state index contributed by atoms with van der Waals surface area (Å²) in [4.78, 5) is 3.10. The summed E-state index contributed by atoms with van der Waals surface area (Å²) < 4.78 is 0. The van der Waals surface area contributed by atoms with Crippen molar-refractivity contribution in [1.82, 2.24) is 4.90 Å². The third kappa shape index (κ3) is 10.4. The van der Waals surface area contributed by atoms with Crippen molar-refractivity contribution in [2.45, 2.75) is 50.8 Å². The van der Waals surface area contributed by atoms with Crippen LogP contribution in [0.1, 0.15) is 46.0 Å². The SMILES string of the molecule is CCCCCCN(C)CCC(C)Br. The Morgan fingerprint density at radius 2 is 1.85 bits per heavy atom. The molecule has 0 aliphatic heterocycles. The van der Waals surface area contributed by atoms with Crippen LogP contribution in [0, 0.1) is 0 Å². The molecule has 0 aromatic heterocycles. The van der Waals surface area contributed by atoms with E-state index in [2.05, 4.69) is 41.7 Å². The fourth-order valence-electron chi connectivity index (χ4n) is 1.32. The highest BCUT2D eigenvalue weighted by Crippen LogP contribution is 2.05. The van der Waals surface area contributed by atoms with Gasteiger partial charge in [-0.3, -0.25) is 0 Å². The molecule has 0 spiro atoms. The van der Waals surface area contributed by atoms with Crippen molar-refractivity contribution in [3.05, 3.63) is 0 Å². The van der Waals surface area contributed by atoms with Crippen LogP contribution in [-0.4, -0.2) is 29.9 Å². The molecule has 0 rings (SSSR count). The van der Waals surface area contributed by atoms with E-state index >= 15 is 0 Å². The summed E-state index contributed by atoms with van der Waals surface area (Å²) in [6.45, 7) is 6.96. The van der Waals surface area contributed by atoms with Crippen LogP contribution in [-0.2, 0) is 0 Å². The van der Waals surface area contributed by atoms with Crippen LogP contribution < -0.4 is 0 Å². The van der Waals surface area contributed by atoms with Crippen molar-refractivity contribution in [1.29, 1.82) is 0 Å². The van der Waals surface area contributed by atoms with Crippen molar-refractivity contribution in [3.63, 3.8) is 0 Å². The quantitative estimate of drug-likeness (QED) is 0.469. The van der Waals surface area contributed by atoms with Gasteiger partial charge in [-0.15, -0.1) is 0 Å². The van der Waals surface area contributed by atoms with Gasteiger partial charge >= 0.3 is 0 Å². The van der Waals surface area contributed by atoms with Gasteiger partial charge in [0.25, 0.3) is 0 Å². The number of halogens is 1. The third-order valence-electron chi connectivity index (χ3n) is 2.30. The lowest BCUT2D eigenvalue weighted by molar-refractivity contribution is 0.320. The first-order valence-corrected chi connectivity index (χ1v) is 6.41. The van der Waals surface area contributed by atoms with Crippen LogP contribution >= 0.6 is 15.9 Å². The van der Waals surface area contributed by atoms with Crippen LogP contribution in [0.15, 0.2) is 0 Å². The van der Waals surface area contributed by atoms with Gasteiger partial charge in [0, 0.05) is 4.83 Å². The molecule has 0 bridgehead atoms. The molecule has 0 radical (unpaired) electrons. The lowest BCUT2D eigenvalue weighted by atomic mass is 10.2. The molecule has 1 nitrogen and oxygen atoms in total. The van der Waals surface area contributed by atoms with Crippen molar-refractivity contribution < 1.29 is 0 Å². The van der Waals surface area contributed by atoms with Crippen molar-refractivity contribution in [3.8, 4) is 0 Å². The van der Waals surface area contributed by atoms with E-state index in [1.807, 2.05) is 0 Å². The molecule has 0 fully saturated rings. The van der Waals surface area contributed by atoms with Gasteiger partial charge in [-0.1, -0.05) is 49.0 Å². The predicted molar refractivity (Wildman–Crippen MR) is 64.6 cm³/mol. The maximum absolute atomic E-state index is 3.57. The molecule has 0 aliphatic rings. The molecule has 0 N–H and O–H groups in total. The highest BCUT2D eigenvalue weighted by Gasteiger charge is 2.00. The van der Waals surface area contributed by atoms with Crippen LogP contribution in [0.3, 0.4) is 0 Å². The summed E-state index contributed by atoms with van der Waals surface area (Å²) in [6.07, 6.45) is 6.74. The second kappa shape index (κ2) is 9.01. The van der Waals surface area contributed by atoms with E-state index in [1.165, 1.54) is 45.2 Å². The standard InChI is InChI=1S/C11H24BrN/c1-4-5-6-7-9-13(3)10-8-11(2)12/h11H,4-10H2,1-3H3. The van der Waals surface area contributed by atoms with Gasteiger partial charge < -0.3 is 4.90 Å². The highest BCUT2D eigenvalue weighted by atomic mass is 79.9. The summed E-state index contributed by atoms with van der Waals surface area (Å²) >= 11 is 3.57. The summed E-state index contributed by atoms with van der Waals surface area (Å²) in [5, 5.41) is 0. The Bertz CT molecular complexity index is 104. The number of hydrogen-bond donors (Lipinski definition) is 0. The van der Waals surface area contributed by atoms with Gasteiger partial charge in [-0.25, -0.2) is 0 Å². The third-order valence-corrected chi connectivity index (χ3v) is 2.76. The smallest absolute Gasteiger partial charge is 0.0129 e. The maximum atomic E-state index is 3.57. The zero-order valence-electron chi connectivity index (χ0n) is 9.35. The van der Waals surface area contributed by atoms with Crippen molar-refractivity contribution in [2.75, 3.05) is 20.1 Å². The fourth-order valence-corrected chi connectivity index (χ4v) is 1.52. The van der Waals surface area contributed by atoms with E-state index in [1.54, 1.807) is 0 Å². The summed E-state index contributed by atoms with van der Waals surface area (Å²) in [5.74, 6) is 0. The zero-order valence-corrected chi connectivity index (χ0v) is 10.9. The van der Waals surface area contributed by atoms with E-state index in [9.17, 15) is 0 Å². The molecule has 0 aromatic rings. The van der Waals surface area contributed by atoms with Gasteiger partial charge in [0.05, 0.1) is 0 Å². The summed E-state index contributed by atoms with van der Waals surface area (Å²) in [5.41, 5.74) is 0. The fraction of sp³-hybridized carbons (Fsp3) is 1.00. The van der Waals surface area contributed by atoms with E-state index in [0.29, 0.717) is 4.83 Å². The first-order chi connectivity index (χ1) is 6.16. The van der Waals surface area contributed by atoms with Gasteiger partial charge in [-0.05, 0) is 33.0 Å². The Morgan fingerprint density at radius 3 is 2.38 bits per heavy atom. The van der Waals surface area contributed by atoms with Crippen LogP contribution in [0.5, 0.6) is 0 Å². The van der Waals surface area contributed by atoms with Crippen LogP contribution in [0.2, 0.25) is 0 Å². The second-order valence-corrected chi connectivity index (χ2v) is 5.50. The lowest BCUT2D eigenvalue weighted by Gasteiger charge is -2.16. The first kappa shape index (κ1) is 13.4. The Kier molecular flexibility index (Phi) is 9.32. The van der Waals surface area contributed by atoms with E-state index < -0.39 is 0 Å². The first-order valence-electron chi connectivity index (χ1n) is 5.49. The number of alkyl halides is 1. The predicted octanol–water partition coefficient (Wildman–Crippen LogP) is 3.67. The Morgan fingerprint density at radius 1 is 1.15 bits per heavy atom. The molecule has 0 amide bonds. The van der Waals surface area contributed by atoms with Crippen LogP contribution in [0.4, 0.5) is 0 Å². The normalized spacial score (nSPS) is 13.6. The monoisotopic (exact) mass is 249 g/mol. The molecule has 0 saturated heterocycles. The van der Waals surface area contributed by atoms with Gasteiger partial charge in [0.1, 0.15) is 0 Å². The minimum atomic E-state index is 0.658. The zero-order chi connectivity index (χ0) is 10.1. The Labute approximate surface area is 92.0 Å². The molecule has 2 heteroatoms. The van der Waals surface area contributed by atoms with Gasteiger partial charge in [0.2, 0.25) is 0 Å². The molecule has 80 valence electrons. The van der Waals surface area contributed by atoms with Gasteiger partial charge in [-0.2, -0.15) is 0 Å². The molecule has 1 atom stereocenters. The molecule has 0 aromatic carbocycles. The molecule has 0 aliphatic carbocycles. The van der Waals surface area contributed by atoms with Gasteiger partial charge in [0.15, 0.2) is 0 Å². The average molecular weight is 250 g/mol. The molecule has 0 heterocycles. The summed E-state index contributed by atoms with van der Waals surface area (Å²) in [6, 6.07) is 0. The molecular formula is C11H24BrN. The highest BCUT2D eigenvalue weighted by molar-refractivity contribution is 9.09. The molecular weight excluding hydrogens is 226 g/mol. The Balaban J connectivity index is 3.15. The largest absolute Gasteiger partial charge is 0.306 e. The minimum absolute atomic E-state index is 0.658. The second-order valence-electron chi connectivity index (χ2n) is 3.93. The number of unbranched alkanes of at least 4 members (excludes halogenated alkanes) is 3. The Hall–Kier alpha value is 0.440. The van der Waals surface area contributed by atoms with Crippen LogP contribution in [0.25, 0.3) is 0 Å². The lowest BCUT2D eigenvalue weighted by Crippen LogP contribution is -2.22. The molecule has 1 unspecified atom stereocenters. The van der Waals surface area contributed by atoms with E-state index in [0.717, 1.165) is 0 Å². The molecule has 13 heavy (non-hydrogen) atoms. The average Bonchev–Trinajstić information content (AvgIpc) is 2.09. The maximum Gasteiger partial charge on any atom is 0.0129 e. The van der Waals surface area contributed by atoms with E-state index in [4.69, 9.17) is 0 Å².